The number of amides is 1. The molecule has 6 aromatic heterocycles. The number of hydrogen-bond acceptors (Lipinski definition) is 29. The minimum absolute atomic E-state index is 0.00207. The highest BCUT2D eigenvalue weighted by Gasteiger charge is 2.54. The second-order valence-corrected chi connectivity index (χ2v) is 24.2. The molecule has 6 aromatic rings. The van der Waals surface area contributed by atoms with E-state index in [0.717, 1.165) is 30.7 Å². The first-order valence-electron chi connectivity index (χ1n) is 23.7. The first kappa shape index (κ1) is 60.0. The van der Waals surface area contributed by atoms with Gasteiger partial charge in [-0.3, -0.25) is 56.1 Å². The fourth-order valence-electron chi connectivity index (χ4n) is 9.18. The van der Waals surface area contributed by atoms with Crippen LogP contribution in [0, 0.1) is 5.92 Å². The number of phosphoric ester groups is 3. The molecule has 44 heteroatoms. The molecular formula is C37H53N16O24P4+. The van der Waals surface area contributed by atoms with E-state index in [-0.39, 0.29) is 64.2 Å². The van der Waals surface area contributed by atoms with Gasteiger partial charge in [-0.05, 0) is 6.42 Å². The lowest BCUT2D eigenvalue weighted by atomic mass is 9.98. The highest BCUT2D eigenvalue weighted by molar-refractivity contribution is 7.66. The topological polar surface area (TPSA) is 571 Å². The van der Waals surface area contributed by atoms with E-state index in [1.54, 1.807) is 6.92 Å². The first-order valence-corrected chi connectivity index (χ1v) is 29.7. The Kier molecular flexibility index (Phi) is 17.2. The SMILES string of the molecule is CCCC(=O)NC[C@H]1[C@@H](O)[C@H]([n+]2cn(C)c3c(=O)[nH]c(N)nc32)O[C@@H]1COP(=O)(O)OP(=O)(O)OP(=O)(O)OCC1O[C@@H](n2cnc3c(N)ncnc32)[C@H](OC)[C@@H]1OP(=O)(O)OC[C@H]1O[C@@H](n2cnc3c(=O)[nH]c(N)nc32)[C@H](O)[C@@H]1O. The van der Waals surface area contributed by atoms with Gasteiger partial charge in [0.05, 0.1) is 45.6 Å². The van der Waals surface area contributed by atoms with Crippen LogP contribution in [0.4, 0.5) is 17.7 Å². The zero-order valence-corrected chi connectivity index (χ0v) is 45.6. The zero-order valence-electron chi connectivity index (χ0n) is 42.0. The van der Waals surface area contributed by atoms with Gasteiger partial charge in [0.25, 0.3) is 17.1 Å². The Balaban J connectivity index is 0.876. The Morgan fingerprint density at radius 3 is 2.02 bits per heavy atom. The minimum Gasteiger partial charge on any atom is -0.387 e. The Morgan fingerprint density at radius 1 is 0.741 bits per heavy atom. The molecule has 5 unspecified atom stereocenters. The van der Waals surface area contributed by atoms with Crippen molar-refractivity contribution in [2.75, 3.05) is 50.7 Å². The fourth-order valence-corrected chi connectivity index (χ4v) is 13.7. The van der Waals surface area contributed by atoms with Crippen LogP contribution in [0.1, 0.15) is 38.4 Å². The van der Waals surface area contributed by atoms with Crippen LogP contribution in [0.3, 0.4) is 0 Å². The van der Waals surface area contributed by atoms with E-state index < -0.39 is 142 Å². The number of ether oxygens (including phenoxy) is 4. The number of nitrogens with zero attached hydrogens (tertiary/aromatic N) is 10. The van der Waals surface area contributed by atoms with Crippen LogP contribution in [0.15, 0.2) is 34.9 Å². The second-order valence-electron chi connectivity index (χ2n) is 18.2. The molecule has 0 radical (unpaired) electrons. The number of phosphoric acid groups is 4. The summed E-state index contributed by atoms with van der Waals surface area (Å²) in [4.78, 5) is 109. The number of aromatic nitrogens is 12. The van der Waals surface area contributed by atoms with Crippen LogP contribution in [-0.2, 0) is 75.8 Å². The number of aliphatic hydroxyl groups is 3. The molecule has 16 N–H and O–H groups in total. The van der Waals surface area contributed by atoms with Gasteiger partial charge in [0.1, 0.15) is 54.6 Å². The van der Waals surface area contributed by atoms with E-state index in [2.05, 4.69) is 53.8 Å². The average molecular weight is 1230 g/mol. The molecule has 0 saturated carbocycles. The van der Waals surface area contributed by atoms with Gasteiger partial charge >= 0.3 is 36.9 Å². The van der Waals surface area contributed by atoms with Crippen LogP contribution >= 0.6 is 31.3 Å². The molecule has 0 aromatic carbocycles. The standard InChI is InChI=1S/C37H52N16O24P4/c1-4-5-18(54)41-6-14-15(72-33(22(14)55)53-13-50(2)21-30(53)47-37(40)49-32(21)59)7-70-79(62,63)76-81(66,67)77-80(64,65)71-9-17-25(26(68-3)35(74-17)51-11-44-19-27(38)42-10-43-28(19)51)75-78(60,61)69-8-16-23(56)24(57)34(73-16)52-12-45-20-29(52)46-36(39)48-31(20)58/h10-17,22-26,33-35,55-57H,4-9H2,1-3H3,(H12-,38,39,40,41,42,43,46,47,48,49,54,58,59,60,61,62,63,64,65,66,67)/p+1/t14-,15-,16-,17?,22-,23-,24-,25-,26-,33-,34-,35-/m1/s1. The monoisotopic (exact) mass is 1230 g/mol. The zero-order chi connectivity index (χ0) is 58.7. The number of aliphatic hydroxyl groups excluding tert-OH is 3. The maximum absolute atomic E-state index is 13.8. The van der Waals surface area contributed by atoms with Crippen molar-refractivity contribution < 1.29 is 108 Å². The number of carbonyl (C=O) groups is 1. The maximum Gasteiger partial charge on any atom is 0.490 e. The van der Waals surface area contributed by atoms with Gasteiger partial charge in [0.2, 0.25) is 23.6 Å². The van der Waals surface area contributed by atoms with E-state index in [0.29, 0.717) is 6.42 Å². The molecule has 0 spiro atoms. The molecule has 9 heterocycles. The van der Waals surface area contributed by atoms with Crippen molar-refractivity contribution in [1.29, 1.82) is 0 Å². The summed E-state index contributed by atoms with van der Waals surface area (Å²) in [6, 6.07) is 0. The number of hydrogen-bond donors (Lipinski definition) is 13. The Bertz CT molecular complexity index is 3660. The number of imidazole rings is 3. The van der Waals surface area contributed by atoms with Crippen LogP contribution in [0.2, 0.25) is 0 Å². The van der Waals surface area contributed by atoms with Crippen molar-refractivity contribution >= 4 is 88.4 Å². The Morgan fingerprint density at radius 2 is 1.35 bits per heavy atom. The van der Waals surface area contributed by atoms with Crippen molar-refractivity contribution in [1.82, 2.24) is 58.9 Å². The van der Waals surface area contributed by atoms with E-state index >= 15 is 0 Å². The molecule has 1 amide bonds. The smallest absolute Gasteiger partial charge is 0.387 e. The fraction of sp³-hybridized carbons (Fsp3) is 0.568. The molecule has 3 fully saturated rings. The summed E-state index contributed by atoms with van der Waals surface area (Å²) in [6.45, 7) is -1.87. The van der Waals surface area contributed by atoms with Crippen molar-refractivity contribution in [2.45, 2.75) is 87.3 Å². The van der Waals surface area contributed by atoms with Gasteiger partial charge in [-0.1, -0.05) is 11.9 Å². The summed E-state index contributed by atoms with van der Waals surface area (Å²) in [7, 11) is -21.0. The third-order valence-corrected chi connectivity index (χ3v) is 18.0. The van der Waals surface area contributed by atoms with Gasteiger partial charge in [-0.25, -0.2) is 42.8 Å². The summed E-state index contributed by atoms with van der Waals surface area (Å²) in [6.07, 6.45) is -12.8. The largest absolute Gasteiger partial charge is 0.490 e. The first-order chi connectivity index (χ1) is 38.1. The van der Waals surface area contributed by atoms with Gasteiger partial charge in [-0.15, -0.1) is 0 Å². The molecule has 0 aliphatic carbocycles. The molecule has 444 valence electrons. The summed E-state index contributed by atoms with van der Waals surface area (Å²) in [5.74, 6) is -2.30. The van der Waals surface area contributed by atoms with Gasteiger partial charge in [-0.2, -0.15) is 13.6 Å². The number of fused-ring (bicyclic) bond motifs is 3. The molecule has 81 heavy (non-hydrogen) atoms. The molecule has 0 bridgehead atoms. The molecule has 16 atom stereocenters. The van der Waals surface area contributed by atoms with E-state index in [1.165, 1.54) is 27.1 Å². The number of methoxy groups -OCH3 is 1. The molecular weight excluding hydrogens is 1180 g/mol. The van der Waals surface area contributed by atoms with Gasteiger partial charge in [0, 0.05) is 26.0 Å². The minimum atomic E-state index is -6.23. The Labute approximate surface area is 451 Å². The van der Waals surface area contributed by atoms with E-state index in [1.807, 2.05) is 0 Å². The molecule has 3 aliphatic heterocycles. The lowest BCUT2D eigenvalue weighted by Gasteiger charge is -2.26. The number of nitrogens with two attached hydrogens (primary N) is 3. The second kappa shape index (κ2) is 23.2. The number of aromatic amines is 2. The third-order valence-electron chi connectivity index (χ3n) is 12.8. The van der Waals surface area contributed by atoms with Crippen LogP contribution in [0.25, 0.3) is 33.5 Å². The average Bonchev–Trinajstić information content (AvgIpc) is 4.45. The number of anilines is 3. The van der Waals surface area contributed by atoms with Crippen LogP contribution < -0.4 is 38.2 Å². The lowest BCUT2D eigenvalue weighted by Crippen LogP contribution is -2.46. The maximum atomic E-state index is 13.8. The van der Waals surface area contributed by atoms with E-state index in [9.17, 15) is 67.5 Å². The van der Waals surface area contributed by atoms with Crippen LogP contribution in [-0.4, -0.2) is 177 Å². The molecule has 3 aliphatic rings. The molecule has 3 saturated heterocycles. The quantitative estimate of drug-likeness (QED) is 0.0218. The number of nitrogens with one attached hydrogen (secondary N) is 3. The number of H-pyrrole nitrogens is 2. The highest BCUT2D eigenvalue weighted by Crippen LogP contribution is 2.68. The Hall–Kier alpha value is -5.64. The lowest BCUT2D eigenvalue weighted by molar-refractivity contribution is -0.745. The van der Waals surface area contributed by atoms with Crippen LogP contribution in [0.5, 0.6) is 0 Å². The summed E-state index contributed by atoms with van der Waals surface area (Å²) < 4.78 is 111. The number of carbonyl (C=O) groups excluding carboxylic acids is 1. The highest BCUT2D eigenvalue weighted by atomic mass is 31.3. The van der Waals surface area contributed by atoms with Crippen molar-refractivity contribution in [3.8, 4) is 0 Å². The number of nitrogen functional groups attached to an aromatic ring is 3. The van der Waals surface area contributed by atoms with Gasteiger partial charge in [0.15, 0.2) is 41.4 Å². The molecule has 9 rings (SSSR count). The predicted octanol–water partition coefficient (Wildman–Crippen LogP) is -3.54. The van der Waals surface area contributed by atoms with E-state index in [4.69, 9.17) is 54.2 Å². The normalized spacial score (nSPS) is 29.0. The van der Waals surface area contributed by atoms with Crippen molar-refractivity contribution in [3.05, 3.63) is 46.0 Å². The number of rotatable bonds is 23. The third kappa shape index (κ3) is 12.7. The van der Waals surface area contributed by atoms with Crippen molar-refractivity contribution in [3.63, 3.8) is 0 Å². The summed E-state index contributed by atoms with van der Waals surface area (Å²) >= 11 is 0. The summed E-state index contributed by atoms with van der Waals surface area (Å²) in [5, 5.41) is 35.9. The predicted molar refractivity (Wildman–Crippen MR) is 264 cm³/mol. The van der Waals surface area contributed by atoms with Crippen molar-refractivity contribution in [2.24, 2.45) is 13.0 Å². The summed E-state index contributed by atoms with van der Waals surface area (Å²) in [5.41, 5.74) is 15.6. The molecule has 40 nitrogen and oxygen atoms in total. The van der Waals surface area contributed by atoms with Gasteiger partial charge < -0.3 is 76.4 Å². The number of aryl methyl sites for hydroxylation is 1.